The van der Waals surface area contributed by atoms with Gasteiger partial charge in [-0.15, -0.1) is 0 Å². The van der Waals surface area contributed by atoms with Gasteiger partial charge in [-0.3, -0.25) is 5.32 Å². The van der Waals surface area contributed by atoms with Crippen LogP contribution < -0.4 is 16.3 Å². The molecule has 1 unspecified atom stereocenters. The number of nitrogens with one attached hydrogen (secondary N) is 3. The Kier molecular flexibility index (Phi) is 1.99. The molecule has 5 nitrogen and oxygen atoms in total. The summed E-state index contributed by atoms with van der Waals surface area (Å²) in [5.74, 6) is 0. The van der Waals surface area contributed by atoms with Crippen LogP contribution in [0.15, 0.2) is 0 Å². The zero-order valence-electron chi connectivity index (χ0n) is 5.97. The van der Waals surface area contributed by atoms with E-state index >= 15 is 0 Å². The molecule has 1 saturated heterocycles. The zero-order valence-corrected chi connectivity index (χ0v) is 5.97. The summed E-state index contributed by atoms with van der Waals surface area (Å²) in [6.45, 7) is 0. The average Bonchev–Trinajstić information content (AvgIpc) is 2.10. The van der Waals surface area contributed by atoms with Crippen molar-refractivity contribution in [1.82, 2.24) is 26.4 Å². The van der Waals surface area contributed by atoms with Gasteiger partial charge in [-0.25, -0.2) is 10.4 Å². The van der Waals surface area contributed by atoms with Gasteiger partial charge in [-0.1, -0.05) is 0 Å². The van der Waals surface area contributed by atoms with Gasteiger partial charge in [0.1, 0.15) is 6.29 Å². The van der Waals surface area contributed by atoms with E-state index in [1.165, 1.54) is 0 Å². The molecule has 0 saturated carbocycles. The molecule has 0 aliphatic carbocycles. The fourth-order valence-electron chi connectivity index (χ4n) is 0.851. The maximum atomic E-state index is 3.09. The Bertz CT molecular complexity index is 95.0. The second-order valence-electron chi connectivity index (χ2n) is 2.09. The van der Waals surface area contributed by atoms with E-state index < -0.39 is 0 Å². The number of hydrogen-bond donors (Lipinski definition) is 3. The molecule has 0 bridgehead atoms. The fraction of sp³-hybridized carbons (Fsp3) is 1.00. The molecule has 0 radical (unpaired) electrons. The summed E-state index contributed by atoms with van der Waals surface area (Å²) in [7, 11) is 5.76. The van der Waals surface area contributed by atoms with Crippen molar-refractivity contribution < 1.29 is 0 Å². The predicted octanol–water partition coefficient (Wildman–Crippen LogP) is -1.71. The van der Waals surface area contributed by atoms with Gasteiger partial charge in [0.15, 0.2) is 0 Å². The third-order valence-electron chi connectivity index (χ3n) is 1.28. The minimum Gasteiger partial charge on any atom is -0.290 e. The van der Waals surface area contributed by atoms with Gasteiger partial charge in [0.05, 0.1) is 0 Å². The molecular weight excluding hydrogens is 118 g/mol. The zero-order chi connectivity index (χ0) is 6.85. The summed E-state index contributed by atoms with van der Waals surface area (Å²) in [6.07, 6.45) is 0.190. The molecule has 0 amide bonds. The van der Waals surface area contributed by atoms with Crippen molar-refractivity contribution >= 4 is 0 Å². The van der Waals surface area contributed by atoms with Crippen molar-refractivity contribution in [3.8, 4) is 0 Å². The van der Waals surface area contributed by atoms with Crippen LogP contribution in [0, 0.1) is 0 Å². The van der Waals surface area contributed by atoms with Gasteiger partial charge in [-0.2, -0.15) is 10.7 Å². The third kappa shape index (κ3) is 1.38. The molecule has 1 heterocycles. The van der Waals surface area contributed by atoms with Gasteiger partial charge in [0.2, 0.25) is 0 Å². The van der Waals surface area contributed by atoms with Crippen LogP contribution in [0.3, 0.4) is 0 Å². The maximum Gasteiger partial charge on any atom is 0.141 e. The summed E-state index contributed by atoms with van der Waals surface area (Å²) in [5, 5.41) is 6.78. The maximum absolute atomic E-state index is 3.09. The van der Waals surface area contributed by atoms with Crippen LogP contribution in [0.4, 0.5) is 0 Å². The first-order valence-electron chi connectivity index (χ1n) is 2.90. The van der Waals surface area contributed by atoms with E-state index in [1.807, 2.05) is 26.2 Å². The molecule has 9 heavy (non-hydrogen) atoms. The first-order chi connectivity index (χ1) is 4.24. The molecule has 0 aromatic carbocycles. The van der Waals surface area contributed by atoms with Gasteiger partial charge < -0.3 is 0 Å². The summed E-state index contributed by atoms with van der Waals surface area (Å²) in [4.78, 5) is 0. The van der Waals surface area contributed by atoms with E-state index in [1.54, 1.807) is 5.12 Å². The summed E-state index contributed by atoms with van der Waals surface area (Å²) < 4.78 is 0. The smallest absolute Gasteiger partial charge is 0.141 e. The molecule has 1 atom stereocenters. The fourth-order valence-corrected chi connectivity index (χ4v) is 0.851. The second-order valence-corrected chi connectivity index (χ2v) is 2.09. The van der Waals surface area contributed by atoms with Crippen LogP contribution >= 0.6 is 0 Å². The van der Waals surface area contributed by atoms with Crippen LogP contribution in [-0.4, -0.2) is 37.6 Å². The quantitative estimate of drug-likeness (QED) is 0.395. The topological polar surface area (TPSA) is 42.6 Å². The minimum absolute atomic E-state index is 0.190. The lowest BCUT2D eigenvalue weighted by atomic mass is 10.8. The monoisotopic (exact) mass is 131 g/mol. The average molecular weight is 131 g/mol. The SMILES string of the molecule is CNC1NN(C)NN1C. The van der Waals surface area contributed by atoms with Gasteiger partial charge >= 0.3 is 0 Å². The predicted molar refractivity (Wildman–Crippen MR) is 34.6 cm³/mol. The number of rotatable bonds is 1. The van der Waals surface area contributed by atoms with Crippen molar-refractivity contribution in [1.29, 1.82) is 0 Å². The molecule has 0 spiro atoms. The van der Waals surface area contributed by atoms with Crippen molar-refractivity contribution in [2.45, 2.75) is 6.29 Å². The second kappa shape index (κ2) is 2.59. The molecule has 54 valence electrons. The Labute approximate surface area is 54.9 Å². The largest absolute Gasteiger partial charge is 0.290 e. The van der Waals surface area contributed by atoms with Gasteiger partial charge in [0.25, 0.3) is 0 Å². The Hall–Kier alpha value is -0.200. The first-order valence-corrected chi connectivity index (χ1v) is 2.90. The lowest BCUT2D eigenvalue weighted by Gasteiger charge is -2.14. The highest BCUT2D eigenvalue weighted by Gasteiger charge is 2.21. The molecule has 1 aliphatic rings. The standard InChI is InChI=1S/C4H13N5/c1-5-4-6-9(3)7-8(4)2/h4-7H,1-3H3. The van der Waals surface area contributed by atoms with Gasteiger partial charge in [-0.05, 0) is 7.05 Å². The van der Waals surface area contributed by atoms with Crippen molar-refractivity contribution in [3.63, 3.8) is 0 Å². The van der Waals surface area contributed by atoms with Gasteiger partial charge in [0, 0.05) is 14.1 Å². The summed E-state index contributed by atoms with van der Waals surface area (Å²) in [6, 6.07) is 0. The lowest BCUT2D eigenvalue weighted by Crippen LogP contribution is -2.45. The Balaban J connectivity index is 2.38. The summed E-state index contributed by atoms with van der Waals surface area (Å²) >= 11 is 0. The van der Waals surface area contributed by atoms with Crippen LogP contribution in [0.2, 0.25) is 0 Å². The number of hydrazine groups is 3. The Morgan fingerprint density at radius 2 is 2.11 bits per heavy atom. The van der Waals surface area contributed by atoms with Crippen molar-refractivity contribution in [2.75, 3.05) is 21.1 Å². The Morgan fingerprint density at radius 3 is 2.33 bits per heavy atom. The molecule has 1 rings (SSSR count). The van der Waals surface area contributed by atoms with E-state index in [9.17, 15) is 0 Å². The molecule has 1 fully saturated rings. The van der Waals surface area contributed by atoms with Crippen molar-refractivity contribution in [2.24, 2.45) is 0 Å². The van der Waals surface area contributed by atoms with Crippen LogP contribution in [0.25, 0.3) is 0 Å². The van der Waals surface area contributed by atoms with Crippen LogP contribution in [-0.2, 0) is 0 Å². The molecule has 3 N–H and O–H groups in total. The van der Waals surface area contributed by atoms with E-state index in [-0.39, 0.29) is 6.29 Å². The lowest BCUT2D eigenvalue weighted by molar-refractivity contribution is 0.141. The van der Waals surface area contributed by atoms with Crippen LogP contribution in [0.5, 0.6) is 0 Å². The number of hydrogen-bond acceptors (Lipinski definition) is 5. The third-order valence-corrected chi connectivity index (χ3v) is 1.28. The molecule has 0 aromatic rings. The highest BCUT2D eigenvalue weighted by atomic mass is 16.0. The first kappa shape index (κ1) is 6.91. The van der Waals surface area contributed by atoms with E-state index in [4.69, 9.17) is 0 Å². The normalized spacial score (nSPS) is 31.7. The highest BCUT2D eigenvalue weighted by molar-refractivity contribution is 4.58. The highest BCUT2D eigenvalue weighted by Crippen LogP contribution is 1.90. The van der Waals surface area contributed by atoms with Crippen molar-refractivity contribution in [3.05, 3.63) is 0 Å². The van der Waals surface area contributed by atoms with Crippen LogP contribution in [0.1, 0.15) is 0 Å². The summed E-state index contributed by atoms with van der Waals surface area (Å²) in [5.41, 5.74) is 6.10. The Morgan fingerprint density at radius 1 is 1.44 bits per heavy atom. The molecule has 0 aromatic heterocycles. The molecule has 5 heteroatoms. The number of nitrogens with zero attached hydrogens (tertiary/aromatic N) is 2. The van der Waals surface area contributed by atoms with E-state index in [0.29, 0.717) is 0 Å². The molecule has 1 aliphatic heterocycles. The molecular formula is C4H13N5. The van der Waals surface area contributed by atoms with E-state index in [0.717, 1.165) is 0 Å². The minimum atomic E-state index is 0.190. The van der Waals surface area contributed by atoms with E-state index in [2.05, 4.69) is 16.3 Å².